The molecule has 0 N–H and O–H groups in total. The van der Waals surface area contributed by atoms with Gasteiger partial charge in [0.05, 0.1) is 5.41 Å². The van der Waals surface area contributed by atoms with Gasteiger partial charge in [0.1, 0.15) is 6.10 Å². The minimum absolute atomic E-state index is 0.0518. The number of hydrogen-bond donors (Lipinski definition) is 0. The Morgan fingerprint density at radius 3 is 2.60 bits per heavy atom. The number of amides is 2. The van der Waals surface area contributed by atoms with Crippen LogP contribution in [0.3, 0.4) is 0 Å². The maximum Gasteiger partial charge on any atom is 0.251 e. The summed E-state index contributed by atoms with van der Waals surface area (Å²) in [5.41, 5.74) is 2.96. The standard InChI is InChI=1S/C24H30N2O3S/c1-25(2)23(28)24(11-12-26(17-24)22(27)21-5-3-4-13-29-21)15-18-6-8-19(9-7-18)20-10-14-30-16-20/h6-10,14,16,21H,3-5,11-13,15,17H2,1-2H3/t21-,24-/m0/s1. The van der Waals surface area contributed by atoms with E-state index in [9.17, 15) is 9.59 Å². The molecule has 2 fully saturated rings. The second kappa shape index (κ2) is 8.90. The van der Waals surface area contributed by atoms with Gasteiger partial charge in [-0.25, -0.2) is 0 Å². The molecule has 5 nitrogen and oxygen atoms in total. The fourth-order valence-electron chi connectivity index (χ4n) is 4.70. The molecule has 30 heavy (non-hydrogen) atoms. The van der Waals surface area contributed by atoms with Crippen LogP contribution in [0.5, 0.6) is 0 Å². The number of benzene rings is 1. The quantitative estimate of drug-likeness (QED) is 0.730. The van der Waals surface area contributed by atoms with Crippen LogP contribution in [0.1, 0.15) is 31.2 Å². The summed E-state index contributed by atoms with van der Waals surface area (Å²) in [6.45, 7) is 1.74. The predicted octanol–water partition coefficient (Wildman–Crippen LogP) is 3.83. The van der Waals surface area contributed by atoms with Gasteiger partial charge in [-0.15, -0.1) is 0 Å². The highest BCUT2D eigenvalue weighted by Gasteiger charge is 2.47. The molecular weight excluding hydrogens is 396 g/mol. The number of carbonyl (C=O) groups is 2. The Hall–Kier alpha value is -2.18. The maximum atomic E-state index is 13.2. The Kier molecular flexibility index (Phi) is 6.25. The van der Waals surface area contributed by atoms with Gasteiger partial charge < -0.3 is 14.5 Å². The van der Waals surface area contributed by atoms with Crippen molar-refractivity contribution in [2.75, 3.05) is 33.8 Å². The first-order valence-electron chi connectivity index (χ1n) is 10.7. The number of nitrogens with zero attached hydrogens (tertiary/aromatic N) is 2. The Labute approximate surface area is 182 Å². The van der Waals surface area contributed by atoms with Gasteiger partial charge >= 0.3 is 0 Å². The van der Waals surface area contributed by atoms with E-state index < -0.39 is 5.41 Å². The normalized spacial score (nSPS) is 24.1. The van der Waals surface area contributed by atoms with Crippen molar-refractivity contribution >= 4 is 23.2 Å². The van der Waals surface area contributed by atoms with Crippen LogP contribution >= 0.6 is 11.3 Å². The van der Waals surface area contributed by atoms with Gasteiger partial charge in [0.25, 0.3) is 5.91 Å². The van der Waals surface area contributed by atoms with E-state index in [1.807, 2.05) is 4.90 Å². The van der Waals surface area contributed by atoms with Crippen molar-refractivity contribution in [2.45, 2.75) is 38.2 Å². The summed E-state index contributed by atoms with van der Waals surface area (Å²) in [6.07, 6.45) is 3.83. The van der Waals surface area contributed by atoms with Crippen LogP contribution < -0.4 is 0 Å². The molecule has 6 heteroatoms. The molecule has 2 saturated heterocycles. The van der Waals surface area contributed by atoms with Crippen LogP contribution in [0.4, 0.5) is 0 Å². The SMILES string of the molecule is CN(C)C(=O)[C@]1(Cc2ccc(-c3ccsc3)cc2)CCN(C(=O)[C@@H]2CCCCO2)C1. The van der Waals surface area contributed by atoms with Gasteiger partial charge in [0.15, 0.2) is 0 Å². The van der Waals surface area contributed by atoms with E-state index in [4.69, 9.17) is 4.74 Å². The fraction of sp³-hybridized carbons (Fsp3) is 0.500. The smallest absolute Gasteiger partial charge is 0.251 e. The van der Waals surface area contributed by atoms with Gasteiger partial charge in [-0.1, -0.05) is 24.3 Å². The Balaban J connectivity index is 1.52. The van der Waals surface area contributed by atoms with Crippen LogP contribution in [0.25, 0.3) is 11.1 Å². The third-order valence-corrected chi connectivity index (χ3v) is 7.01. The molecule has 0 unspecified atom stereocenters. The summed E-state index contributed by atoms with van der Waals surface area (Å²) in [5.74, 6) is 0.153. The van der Waals surface area contributed by atoms with Crippen LogP contribution in [-0.2, 0) is 20.7 Å². The number of likely N-dealkylation sites (tertiary alicyclic amines) is 1. The third-order valence-electron chi connectivity index (χ3n) is 6.33. The molecule has 0 aliphatic carbocycles. The van der Waals surface area contributed by atoms with Crippen molar-refractivity contribution in [3.05, 3.63) is 46.7 Å². The Morgan fingerprint density at radius 2 is 1.97 bits per heavy atom. The summed E-state index contributed by atoms with van der Waals surface area (Å²) in [5, 5.41) is 4.22. The minimum atomic E-state index is -0.572. The van der Waals surface area contributed by atoms with Crippen molar-refractivity contribution < 1.29 is 14.3 Å². The van der Waals surface area contributed by atoms with Crippen molar-refractivity contribution in [1.82, 2.24) is 9.80 Å². The molecule has 2 atom stereocenters. The summed E-state index contributed by atoms with van der Waals surface area (Å²) in [7, 11) is 3.61. The monoisotopic (exact) mass is 426 g/mol. The minimum Gasteiger partial charge on any atom is -0.368 e. The average molecular weight is 427 g/mol. The average Bonchev–Trinajstić information content (AvgIpc) is 3.45. The number of ether oxygens (including phenoxy) is 1. The van der Waals surface area contributed by atoms with Crippen molar-refractivity contribution in [3.63, 3.8) is 0 Å². The van der Waals surface area contributed by atoms with E-state index in [2.05, 4.69) is 41.1 Å². The molecule has 2 aliphatic rings. The van der Waals surface area contributed by atoms with Gasteiger partial charge in [-0.3, -0.25) is 9.59 Å². The van der Waals surface area contributed by atoms with Crippen molar-refractivity contribution in [1.29, 1.82) is 0 Å². The van der Waals surface area contributed by atoms with Crippen LogP contribution in [0, 0.1) is 5.41 Å². The molecule has 4 rings (SSSR count). The van der Waals surface area contributed by atoms with E-state index in [0.717, 1.165) is 24.8 Å². The molecule has 2 aromatic rings. The van der Waals surface area contributed by atoms with Gasteiger partial charge in [0, 0.05) is 33.8 Å². The lowest BCUT2D eigenvalue weighted by Crippen LogP contribution is -2.46. The molecule has 0 saturated carbocycles. The van der Waals surface area contributed by atoms with Gasteiger partial charge in [-0.05, 0) is 65.6 Å². The summed E-state index contributed by atoms with van der Waals surface area (Å²) < 4.78 is 5.71. The molecule has 0 bridgehead atoms. The first-order valence-corrected chi connectivity index (χ1v) is 11.7. The molecule has 160 valence electrons. The van der Waals surface area contributed by atoms with Crippen molar-refractivity contribution in [3.8, 4) is 11.1 Å². The molecule has 1 aromatic heterocycles. The molecule has 2 amide bonds. The molecule has 0 spiro atoms. The lowest BCUT2D eigenvalue weighted by molar-refractivity contribution is -0.147. The highest BCUT2D eigenvalue weighted by atomic mass is 32.1. The Bertz CT molecular complexity index is 872. The molecule has 1 aromatic carbocycles. The summed E-state index contributed by atoms with van der Waals surface area (Å²) in [4.78, 5) is 29.7. The fourth-order valence-corrected chi connectivity index (χ4v) is 5.37. The molecule has 2 aliphatic heterocycles. The topological polar surface area (TPSA) is 49.9 Å². The highest BCUT2D eigenvalue weighted by molar-refractivity contribution is 7.08. The number of carbonyl (C=O) groups excluding carboxylic acids is 2. The maximum absolute atomic E-state index is 13.2. The number of thiophene rings is 1. The zero-order valence-corrected chi connectivity index (χ0v) is 18.6. The van der Waals surface area contributed by atoms with Gasteiger partial charge in [-0.2, -0.15) is 11.3 Å². The van der Waals surface area contributed by atoms with E-state index in [1.165, 1.54) is 11.1 Å². The van der Waals surface area contributed by atoms with E-state index in [1.54, 1.807) is 30.3 Å². The van der Waals surface area contributed by atoms with Crippen LogP contribution in [-0.4, -0.2) is 61.5 Å². The number of rotatable bonds is 5. The first kappa shape index (κ1) is 21.1. The zero-order valence-electron chi connectivity index (χ0n) is 17.8. The van der Waals surface area contributed by atoms with E-state index >= 15 is 0 Å². The highest BCUT2D eigenvalue weighted by Crippen LogP contribution is 2.37. The first-order chi connectivity index (χ1) is 14.5. The second-order valence-corrected chi connectivity index (χ2v) is 9.51. The third kappa shape index (κ3) is 4.30. The second-order valence-electron chi connectivity index (χ2n) is 8.73. The lowest BCUT2D eigenvalue weighted by Gasteiger charge is -2.32. The van der Waals surface area contributed by atoms with E-state index in [0.29, 0.717) is 32.5 Å². The zero-order chi connectivity index (χ0) is 21.1. The van der Waals surface area contributed by atoms with E-state index in [-0.39, 0.29) is 17.9 Å². The summed E-state index contributed by atoms with van der Waals surface area (Å²) >= 11 is 1.69. The molecular formula is C24H30N2O3S. The number of hydrogen-bond acceptors (Lipinski definition) is 4. The van der Waals surface area contributed by atoms with Crippen LogP contribution in [0.15, 0.2) is 41.1 Å². The lowest BCUT2D eigenvalue weighted by atomic mass is 9.79. The van der Waals surface area contributed by atoms with Crippen molar-refractivity contribution in [2.24, 2.45) is 5.41 Å². The Morgan fingerprint density at radius 1 is 1.17 bits per heavy atom. The molecule has 3 heterocycles. The summed E-state index contributed by atoms with van der Waals surface area (Å²) in [6, 6.07) is 10.6. The van der Waals surface area contributed by atoms with Gasteiger partial charge in [0.2, 0.25) is 5.91 Å². The molecule has 0 radical (unpaired) electrons. The van der Waals surface area contributed by atoms with Crippen LogP contribution in [0.2, 0.25) is 0 Å². The largest absolute Gasteiger partial charge is 0.368 e. The predicted molar refractivity (Wildman–Crippen MR) is 119 cm³/mol.